The van der Waals surface area contributed by atoms with Crippen molar-refractivity contribution in [1.82, 2.24) is 15.3 Å². The molecular weight excluding hydrogens is 417 g/mol. The molecule has 0 aromatic carbocycles. The standard InChI is InChI=1S/C20H25F3N4O2S/c1-10-16(30-18(25-10)17(29)26-11-5-6-12(28)7-11)13-9-24-15(27-19(2,3)4)8-14(13)20(21,22)23/h8-9,11-12,28H,5-7H2,1-4H3,(H,24,27)(H,26,29). The number of nitrogens with zero attached hydrogens (tertiary/aromatic N) is 2. The highest BCUT2D eigenvalue weighted by Gasteiger charge is 2.36. The fourth-order valence-electron chi connectivity index (χ4n) is 3.40. The number of aliphatic hydroxyl groups is 1. The van der Waals surface area contributed by atoms with E-state index < -0.39 is 29.3 Å². The minimum absolute atomic E-state index is 0.0916. The summed E-state index contributed by atoms with van der Waals surface area (Å²) in [6, 6.07) is 0.828. The van der Waals surface area contributed by atoms with Gasteiger partial charge in [-0.15, -0.1) is 11.3 Å². The largest absolute Gasteiger partial charge is 0.417 e. The number of carbonyl (C=O) groups is 1. The van der Waals surface area contributed by atoms with E-state index in [0.717, 1.165) is 17.4 Å². The van der Waals surface area contributed by atoms with Crippen molar-refractivity contribution in [2.45, 2.75) is 70.8 Å². The predicted molar refractivity (Wildman–Crippen MR) is 110 cm³/mol. The lowest BCUT2D eigenvalue weighted by molar-refractivity contribution is -0.137. The maximum absolute atomic E-state index is 13.8. The first kappa shape index (κ1) is 22.5. The molecule has 164 valence electrons. The Kier molecular flexibility index (Phi) is 6.10. The summed E-state index contributed by atoms with van der Waals surface area (Å²) in [5, 5.41) is 15.4. The average Bonchev–Trinajstić information content (AvgIpc) is 3.18. The summed E-state index contributed by atoms with van der Waals surface area (Å²) in [6.45, 7) is 7.07. The van der Waals surface area contributed by atoms with E-state index in [1.54, 1.807) is 6.92 Å². The number of anilines is 1. The molecule has 1 amide bonds. The number of amides is 1. The van der Waals surface area contributed by atoms with Gasteiger partial charge in [0, 0.05) is 23.3 Å². The first-order valence-electron chi connectivity index (χ1n) is 9.65. The first-order valence-corrected chi connectivity index (χ1v) is 10.5. The maximum Gasteiger partial charge on any atom is 0.417 e. The number of aryl methyl sites for hydroxylation is 1. The third-order valence-corrected chi connectivity index (χ3v) is 5.88. The molecule has 0 bridgehead atoms. The molecule has 2 aromatic rings. The molecule has 0 spiro atoms. The van der Waals surface area contributed by atoms with Gasteiger partial charge in [-0.05, 0) is 53.0 Å². The quantitative estimate of drug-likeness (QED) is 0.654. The lowest BCUT2D eigenvalue weighted by Crippen LogP contribution is -2.33. The van der Waals surface area contributed by atoms with Crippen LogP contribution in [0.1, 0.15) is 61.1 Å². The second kappa shape index (κ2) is 8.14. The monoisotopic (exact) mass is 442 g/mol. The number of hydrogen-bond donors (Lipinski definition) is 3. The normalized spacial score (nSPS) is 19.7. The van der Waals surface area contributed by atoms with Crippen molar-refractivity contribution in [3.8, 4) is 10.4 Å². The molecule has 2 heterocycles. The zero-order chi connectivity index (χ0) is 22.3. The van der Waals surface area contributed by atoms with Crippen LogP contribution < -0.4 is 10.6 Å². The molecule has 3 rings (SSSR count). The van der Waals surface area contributed by atoms with Gasteiger partial charge in [0.05, 0.1) is 22.2 Å². The van der Waals surface area contributed by atoms with Crippen molar-refractivity contribution in [1.29, 1.82) is 0 Å². The molecule has 3 N–H and O–H groups in total. The van der Waals surface area contributed by atoms with Gasteiger partial charge in [0.15, 0.2) is 5.01 Å². The lowest BCUT2D eigenvalue weighted by atomic mass is 10.1. The summed E-state index contributed by atoms with van der Waals surface area (Å²) in [4.78, 5) is 21.1. The summed E-state index contributed by atoms with van der Waals surface area (Å²) in [5.74, 6) is -0.320. The fourth-order valence-corrected chi connectivity index (χ4v) is 4.40. The number of aliphatic hydroxyl groups excluding tert-OH is 1. The topological polar surface area (TPSA) is 87.1 Å². The summed E-state index contributed by atoms with van der Waals surface area (Å²) >= 11 is 0.908. The van der Waals surface area contributed by atoms with E-state index in [2.05, 4.69) is 20.6 Å². The van der Waals surface area contributed by atoms with Crippen molar-refractivity contribution < 1.29 is 23.1 Å². The molecule has 0 saturated heterocycles. The number of nitrogens with one attached hydrogen (secondary N) is 2. The molecule has 2 atom stereocenters. The van der Waals surface area contributed by atoms with E-state index in [-0.39, 0.29) is 27.3 Å². The molecule has 6 nitrogen and oxygen atoms in total. The van der Waals surface area contributed by atoms with Crippen molar-refractivity contribution in [3.05, 3.63) is 28.5 Å². The van der Waals surface area contributed by atoms with Crippen LogP contribution in [0, 0.1) is 6.92 Å². The third kappa shape index (κ3) is 5.28. The van der Waals surface area contributed by atoms with Crippen molar-refractivity contribution in [2.24, 2.45) is 0 Å². The van der Waals surface area contributed by atoms with Gasteiger partial charge in [0.25, 0.3) is 5.91 Å². The lowest BCUT2D eigenvalue weighted by Gasteiger charge is -2.22. The molecule has 1 aliphatic rings. The van der Waals surface area contributed by atoms with E-state index in [1.165, 1.54) is 6.20 Å². The summed E-state index contributed by atoms with van der Waals surface area (Å²) in [5.41, 5.74) is -1.05. The van der Waals surface area contributed by atoms with Crippen molar-refractivity contribution in [3.63, 3.8) is 0 Å². The summed E-state index contributed by atoms with van der Waals surface area (Å²) in [7, 11) is 0. The van der Waals surface area contributed by atoms with Crippen LogP contribution in [0.25, 0.3) is 10.4 Å². The summed E-state index contributed by atoms with van der Waals surface area (Å²) < 4.78 is 41.3. The Morgan fingerprint density at radius 1 is 1.27 bits per heavy atom. The minimum Gasteiger partial charge on any atom is -0.393 e. The van der Waals surface area contributed by atoms with Gasteiger partial charge in [-0.25, -0.2) is 9.97 Å². The molecule has 10 heteroatoms. The average molecular weight is 443 g/mol. The van der Waals surface area contributed by atoms with Gasteiger partial charge in [0.2, 0.25) is 0 Å². The van der Waals surface area contributed by atoms with E-state index in [9.17, 15) is 23.1 Å². The smallest absolute Gasteiger partial charge is 0.393 e. The second-order valence-electron chi connectivity index (χ2n) is 8.56. The Morgan fingerprint density at radius 2 is 1.97 bits per heavy atom. The van der Waals surface area contributed by atoms with Gasteiger partial charge in [-0.2, -0.15) is 13.2 Å². The Bertz CT molecular complexity index is 937. The van der Waals surface area contributed by atoms with Gasteiger partial charge >= 0.3 is 6.18 Å². The third-order valence-electron chi connectivity index (χ3n) is 4.69. The van der Waals surface area contributed by atoms with Crippen molar-refractivity contribution >= 4 is 23.1 Å². The Hall–Kier alpha value is -2.20. The molecule has 0 aliphatic heterocycles. The zero-order valence-corrected chi connectivity index (χ0v) is 18.0. The maximum atomic E-state index is 13.8. The molecule has 1 aliphatic carbocycles. The summed E-state index contributed by atoms with van der Waals surface area (Å²) in [6.07, 6.45) is -2.12. The molecule has 2 unspecified atom stereocenters. The molecule has 2 aromatic heterocycles. The first-order chi connectivity index (χ1) is 13.8. The van der Waals surface area contributed by atoms with Crippen LogP contribution in [-0.2, 0) is 6.18 Å². The molecule has 0 radical (unpaired) electrons. The van der Waals surface area contributed by atoms with Crippen molar-refractivity contribution in [2.75, 3.05) is 5.32 Å². The highest BCUT2D eigenvalue weighted by Crippen LogP contribution is 2.41. The van der Waals surface area contributed by atoms with E-state index in [4.69, 9.17) is 0 Å². The molecule has 1 fully saturated rings. The van der Waals surface area contributed by atoms with Crippen LogP contribution >= 0.6 is 11.3 Å². The highest BCUT2D eigenvalue weighted by atomic mass is 32.1. The highest BCUT2D eigenvalue weighted by molar-refractivity contribution is 7.17. The van der Waals surface area contributed by atoms with Crippen LogP contribution in [0.3, 0.4) is 0 Å². The molecule has 30 heavy (non-hydrogen) atoms. The number of halogens is 3. The second-order valence-corrected chi connectivity index (χ2v) is 9.56. The van der Waals surface area contributed by atoms with E-state index in [1.807, 2.05) is 20.8 Å². The molecular formula is C20H25F3N4O2S. The number of carbonyl (C=O) groups excluding carboxylic acids is 1. The van der Waals surface area contributed by atoms with Crippen LogP contribution in [0.15, 0.2) is 12.3 Å². The predicted octanol–water partition coefficient (Wildman–Crippen LogP) is 4.39. The number of alkyl halides is 3. The minimum atomic E-state index is -4.59. The SMILES string of the molecule is Cc1nc(C(=O)NC2CCC(O)C2)sc1-c1cnc(NC(C)(C)C)cc1C(F)(F)F. The Morgan fingerprint density at radius 3 is 2.53 bits per heavy atom. The van der Waals surface area contributed by atoms with Gasteiger partial charge < -0.3 is 15.7 Å². The van der Waals surface area contributed by atoms with Crippen LogP contribution in [0.5, 0.6) is 0 Å². The number of thiazole rings is 1. The number of pyridine rings is 1. The van der Waals surface area contributed by atoms with Crippen LogP contribution in [0.4, 0.5) is 19.0 Å². The Balaban J connectivity index is 1.92. The van der Waals surface area contributed by atoms with Gasteiger partial charge in [-0.3, -0.25) is 4.79 Å². The van der Waals surface area contributed by atoms with Gasteiger partial charge in [0.1, 0.15) is 5.82 Å². The molecule has 1 saturated carbocycles. The van der Waals surface area contributed by atoms with Crippen LogP contribution in [-0.4, -0.2) is 38.7 Å². The van der Waals surface area contributed by atoms with Crippen LogP contribution in [0.2, 0.25) is 0 Å². The van der Waals surface area contributed by atoms with E-state index in [0.29, 0.717) is 25.0 Å². The fraction of sp³-hybridized carbons (Fsp3) is 0.550. The number of hydrogen-bond acceptors (Lipinski definition) is 6. The van der Waals surface area contributed by atoms with Gasteiger partial charge in [-0.1, -0.05) is 0 Å². The zero-order valence-electron chi connectivity index (χ0n) is 17.2. The number of rotatable bonds is 4. The Labute approximate surface area is 176 Å². The van der Waals surface area contributed by atoms with E-state index >= 15 is 0 Å². The number of aromatic nitrogens is 2.